The lowest BCUT2D eigenvalue weighted by Crippen LogP contribution is -2.48. The van der Waals surface area contributed by atoms with Crippen LogP contribution in [0.25, 0.3) is 0 Å². The smallest absolute Gasteiger partial charge is 0.246 e. The molecule has 1 aromatic carbocycles. The molecule has 0 radical (unpaired) electrons. The fraction of sp³-hybridized carbons (Fsp3) is 0.400. The predicted octanol–water partition coefficient (Wildman–Crippen LogP) is 1.92. The predicted molar refractivity (Wildman–Crippen MR) is 76.6 cm³/mol. The SMILES string of the molecule is CC=CC(=O)N1CCN(c2ccccc2OC)CC1. The van der Waals surface area contributed by atoms with Gasteiger partial charge in [-0.1, -0.05) is 18.2 Å². The molecule has 1 aliphatic rings. The van der Waals surface area contributed by atoms with Gasteiger partial charge in [0.25, 0.3) is 0 Å². The van der Waals surface area contributed by atoms with Crippen LogP contribution in [0.15, 0.2) is 36.4 Å². The van der Waals surface area contributed by atoms with Crippen molar-refractivity contribution in [3.05, 3.63) is 36.4 Å². The minimum atomic E-state index is 0.0992. The van der Waals surface area contributed by atoms with E-state index in [1.54, 1.807) is 19.3 Å². The number of amides is 1. The van der Waals surface area contributed by atoms with E-state index in [2.05, 4.69) is 11.0 Å². The van der Waals surface area contributed by atoms with Crippen LogP contribution in [0.4, 0.5) is 5.69 Å². The average Bonchev–Trinajstić information content (AvgIpc) is 2.47. The van der Waals surface area contributed by atoms with Crippen molar-refractivity contribution in [2.45, 2.75) is 6.92 Å². The first kappa shape index (κ1) is 13.5. The van der Waals surface area contributed by atoms with Crippen molar-refractivity contribution in [2.75, 3.05) is 38.2 Å². The molecule has 1 aliphatic heterocycles. The van der Waals surface area contributed by atoms with E-state index in [4.69, 9.17) is 4.74 Å². The van der Waals surface area contributed by atoms with E-state index in [9.17, 15) is 4.79 Å². The monoisotopic (exact) mass is 260 g/mol. The maximum absolute atomic E-state index is 11.8. The third-order valence-electron chi connectivity index (χ3n) is 3.33. The van der Waals surface area contributed by atoms with Crippen molar-refractivity contribution in [3.8, 4) is 5.75 Å². The maximum Gasteiger partial charge on any atom is 0.246 e. The number of benzene rings is 1. The van der Waals surface area contributed by atoms with Gasteiger partial charge in [-0.2, -0.15) is 0 Å². The zero-order chi connectivity index (χ0) is 13.7. The standard InChI is InChI=1S/C15H20N2O2/c1-3-6-15(18)17-11-9-16(10-12-17)13-7-4-5-8-14(13)19-2/h3-8H,9-12H2,1-2H3. The molecule has 19 heavy (non-hydrogen) atoms. The van der Waals surface area contributed by atoms with Crippen molar-refractivity contribution >= 4 is 11.6 Å². The normalized spacial score (nSPS) is 15.9. The highest BCUT2D eigenvalue weighted by Gasteiger charge is 2.21. The lowest BCUT2D eigenvalue weighted by Gasteiger charge is -2.36. The molecule has 1 saturated heterocycles. The van der Waals surface area contributed by atoms with E-state index >= 15 is 0 Å². The Morgan fingerprint density at radius 2 is 1.89 bits per heavy atom. The molecular formula is C15H20N2O2. The Balaban J connectivity index is 2.02. The van der Waals surface area contributed by atoms with E-state index in [1.165, 1.54) is 0 Å². The van der Waals surface area contributed by atoms with Crippen molar-refractivity contribution in [3.63, 3.8) is 0 Å². The van der Waals surface area contributed by atoms with Gasteiger partial charge in [0.2, 0.25) is 5.91 Å². The number of allylic oxidation sites excluding steroid dienone is 1. The molecule has 0 atom stereocenters. The summed E-state index contributed by atoms with van der Waals surface area (Å²) in [5.41, 5.74) is 1.10. The number of anilines is 1. The summed E-state index contributed by atoms with van der Waals surface area (Å²) >= 11 is 0. The average molecular weight is 260 g/mol. The number of nitrogens with zero attached hydrogens (tertiary/aromatic N) is 2. The van der Waals surface area contributed by atoms with E-state index in [0.717, 1.165) is 37.6 Å². The third-order valence-corrected chi connectivity index (χ3v) is 3.33. The van der Waals surface area contributed by atoms with E-state index < -0.39 is 0 Å². The molecule has 4 heteroatoms. The van der Waals surface area contributed by atoms with Crippen LogP contribution >= 0.6 is 0 Å². The number of carbonyl (C=O) groups excluding carboxylic acids is 1. The largest absolute Gasteiger partial charge is 0.495 e. The van der Waals surface area contributed by atoms with Crippen molar-refractivity contribution < 1.29 is 9.53 Å². The van der Waals surface area contributed by atoms with E-state index in [0.29, 0.717) is 0 Å². The molecule has 0 spiro atoms. The summed E-state index contributed by atoms with van der Waals surface area (Å²) in [5, 5.41) is 0. The van der Waals surface area contributed by atoms with Crippen molar-refractivity contribution in [2.24, 2.45) is 0 Å². The van der Waals surface area contributed by atoms with Gasteiger partial charge in [0.05, 0.1) is 12.8 Å². The zero-order valence-electron chi connectivity index (χ0n) is 11.5. The lowest BCUT2D eigenvalue weighted by atomic mass is 10.2. The van der Waals surface area contributed by atoms with Gasteiger partial charge in [0, 0.05) is 26.2 Å². The highest BCUT2D eigenvalue weighted by molar-refractivity contribution is 5.87. The topological polar surface area (TPSA) is 32.8 Å². The summed E-state index contributed by atoms with van der Waals surface area (Å²) in [6, 6.07) is 8.00. The Kier molecular flexibility index (Phi) is 4.44. The van der Waals surface area contributed by atoms with Crippen molar-refractivity contribution in [1.29, 1.82) is 0 Å². The number of hydrogen-bond acceptors (Lipinski definition) is 3. The lowest BCUT2D eigenvalue weighted by molar-refractivity contribution is -0.126. The Labute approximate surface area is 114 Å². The second-order valence-electron chi connectivity index (χ2n) is 4.48. The highest BCUT2D eigenvalue weighted by atomic mass is 16.5. The molecule has 0 aromatic heterocycles. The van der Waals surface area contributed by atoms with Gasteiger partial charge >= 0.3 is 0 Å². The molecule has 0 bridgehead atoms. The van der Waals surface area contributed by atoms with Gasteiger partial charge in [-0.3, -0.25) is 4.79 Å². The third kappa shape index (κ3) is 3.08. The highest BCUT2D eigenvalue weighted by Crippen LogP contribution is 2.28. The summed E-state index contributed by atoms with van der Waals surface area (Å²) in [7, 11) is 1.69. The van der Waals surface area contributed by atoms with Crippen LogP contribution in [0.5, 0.6) is 5.75 Å². The first-order chi connectivity index (χ1) is 9.26. The second kappa shape index (κ2) is 6.27. The van der Waals surface area contributed by atoms with Crippen LogP contribution in [0.1, 0.15) is 6.92 Å². The van der Waals surface area contributed by atoms with Gasteiger partial charge in [0.15, 0.2) is 0 Å². The van der Waals surface area contributed by atoms with Gasteiger partial charge in [-0.15, -0.1) is 0 Å². The van der Waals surface area contributed by atoms with E-state index in [-0.39, 0.29) is 5.91 Å². The Morgan fingerprint density at radius 3 is 2.53 bits per heavy atom. The Hall–Kier alpha value is -1.97. The first-order valence-electron chi connectivity index (χ1n) is 6.56. The van der Waals surface area contributed by atoms with Crippen LogP contribution in [0, 0.1) is 0 Å². The van der Waals surface area contributed by atoms with Gasteiger partial charge in [-0.05, 0) is 25.1 Å². The number of methoxy groups -OCH3 is 1. The number of rotatable bonds is 3. The molecule has 0 saturated carbocycles. The summed E-state index contributed by atoms with van der Waals surface area (Å²) in [5.74, 6) is 0.984. The molecule has 1 fully saturated rings. The fourth-order valence-electron chi connectivity index (χ4n) is 2.31. The molecule has 0 N–H and O–H groups in total. The van der Waals surface area contributed by atoms with Gasteiger partial charge in [-0.25, -0.2) is 0 Å². The van der Waals surface area contributed by atoms with Crippen LogP contribution in [-0.2, 0) is 4.79 Å². The van der Waals surface area contributed by atoms with Gasteiger partial charge < -0.3 is 14.5 Å². The number of hydrogen-bond donors (Lipinski definition) is 0. The maximum atomic E-state index is 11.8. The molecular weight excluding hydrogens is 240 g/mol. The zero-order valence-corrected chi connectivity index (χ0v) is 11.5. The molecule has 1 heterocycles. The summed E-state index contributed by atoms with van der Waals surface area (Å²) in [6.07, 6.45) is 3.41. The quantitative estimate of drug-likeness (QED) is 0.778. The van der Waals surface area contributed by atoms with Crippen LogP contribution in [0.3, 0.4) is 0 Å². The molecule has 1 amide bonds. The minimum Gasteiger partial charge on any atom is -0.495 e. The van der Waals surface area contributed by atoms with E-state index in [1.807, 2.05) is 30.0 Å². The summed E-state index contributed by atoms with van der Waals surface area (Å²) in [6.45, 7) is 5.04. The molecule has 0 unspecified atom stereocenters. The van der Waals surface area contributed by atoms with Gasteiger partial charge in [0.1, 0.15) is 5.75 Å². The van der Waals surface area contributed by atoms with Crippen LogP contribution in [0.2, 0.25) is 0 Å². The Bertz CT molecular complexity index is 463. The molecule has 2 rings (SSSR count). The number of piperazine rings is 1. The van der Waals surface area contributed by atoms with Crippen molar-refractivity contribution in [1.82, 2.24) is 4.90 Å². The second-order valence-corrected chi connectivity index (χ2v) is 4.48. The number of carbonyl (C=O) groups is 1. The minimum absolute atomic E-state index is 0.0992. The molecule has 102 valence electrons. The fourth-order valence-corrected chi connectivity index (χ4v) is 2.31. The molecule has 0 aliphatic carbocycles. The first-order valence-corrected chi connectivity index (χ1v) is 6.56. The van der Waals surface area contributed by atoms with Crippen LogP contribution in [-0.4, -0.2) is 44.1 Å². The summed E-state index contributed by atoms with van der Waals surface area (Å²) in [4.78, 5) is 15.9. The molecule has 1 aromatic rings. The van der Waals surface area contributed by atoms with Crippen LogP contribution < -0.4 is 9.64 Å². The number of ether oxygens (including phenoxy) is 1. The molecule has 4 nitrogen and oxygen atoms in total. The number of para-hydroxylation sites is 2. The summed E-state index contributed by atoms with van der Waals surface area (Å²) < 4.78 is 5.38. The Morgan fingerprint density at radius 1 is 1.21 bits per heavy atom.